The molecule has 0 aromatic heterocycles. The Balaban J connectivity index is 2.60. The lowest BCUT2D eigenvalue weighted by atomic mass is 9.99. The van der Waals surface area contributed by atoms with Crippen LogP contribution in [0.1, 0.15) is 30.9 Å². The van der Waals surface area contributed by atoms with Crippen LogP contribution < -0.4 is 5.32 Å². The van der Waals surface area contributed by atoms with Crippen molar-refractivity contribution in [2.24, 2.45) is 0 Å². The number of benzene rings is 1. The summed E-state index contributed by atoms with van der Waals surface area (Å²) in [6, 6.07) is 8.66. The van der Waals surface area contributed by atoms with E-state index in [1.807, 2.05) is 6.92 Å². The second-order valence-electron chi connectivity index (χ2n) is 3.98. The fourth-order valence-electron chi connectivity index (χ4n) is 1.42. The zero-order valence-corrected chi connectivity index (χ0v) is 9.30. The van der Waals surface area contributed by atoms with Crippen molar-refractivity contribution < 1.29 is 0 Å². The van der Waals surface area contributed by atoms with Crippen molar-refractivity contribution in [3.8, 4) is 0 Å². The van der Waals surface area contributed by atoms with Gasteiger partial charge in [0.15, 0.2) is 0 Å². The van der Waals surface area contributed by atoms with Crippen LogP contribution in [0.5, 0.6) is 0 Å². The third-order valence-corrected chi connectivity index (χ3v) is 2.32. The van der Waals surface area contributed by atoms with Gasteiger partial charge in [0.05, 0.1) is 0 Å². The number of hydrogen-bond acceptors (Lipinski definition) is 1. The van der Waals surface area contributed by atoms with Gasteiger partial charge in [-0.15, -0.1) is 0 Å². The minimum atomic E-state index is 0.534. The molecule has 0 aliphatic rings. The second-order valence-corrected chi connectivity index (χ2v) is 3.98. The van der Waals surface area contributed by atoms with E-state index in [0.717, 1.165) is 12.2 Å². The lowest BCUT2D eigenvalue weighted by Crippen LogP contribution is -2.17. The van der Waals surface area contributed by atoms with Gasteiger partial charge in [-0.2, -0.15) is 0 Å². The molecule has 1 nitrogen and oxygen atoms in total. The highest BCUT2D eigenvalue weighted by Crippen LogP contribution is 2.15. The molecular formula is C13H19N. The molecule has 0 spiro atoms. The Morgan fingerprint density at radius 1 is 1.50 bits per heavy atom. The van der Waals surface area contributed by atoms with Gasteiger partial charge < -0.3 is 5.32 Å². The van der Waals surface area contributed by atoms with Crippen LogP contribution in [-0.4, -0.2) is 6.54 Å². The Kier molecular flexibility index (Phi) is 3.75. The smallest absolute Gasteiger partial charge is 0.0209 e. The van der Waals surface area contributed by atoms with Gasteiger partial charge in [0.2, 0.25) is 0 Å². The third-order valence-electron chi connectivity index (χ3n) is 2.32. The molecule has 1 unspecified atom stereocenters. The monoisotopic (exact) mass is 189 g/mol. The Morgan fingerprint density at radius 3 is 2.79 bits per heavy atom. The van der Waals surface area contributed by atoms with Crippen molar-refractivity contribution in [2.45, 2.75) is 26.7 Å². The van der Waals surface area contributed by atoms with Gasteiger partial charge in [-0.3, -0.25) is 0 Å². The van der Waals surface area contributed by atoms with E-state index < -0.39 is 0 Å². The maximum atomic E-state index is 3.83. The largest absolute Gasteiger partial charge is 0.388 e. The first kappa shape index (κ1) is 10.8. The average molecular weight is 189 g/mol. The van der Waals surface area contributed by atoms with Gasteiger partial charge in [0.1, 0.15) is 0 Å². The van der Waals surface area contributed by atoms with Crippen molar-refractivity contribution in [2.75, 3.05) is 6.54 Å². The van der Waals surface area contributed by atoms with Crippen molar-refractivity contribution in [3.05, 3.63) is 47.7 Å². The molecule has 0 radical (unpaired) electrons. The topological polar surface area (TPSA) is 12.0 Å². The van der Waals surface area contributed by atoms with Gasteiger partial charge in [-0.1, -0.05) is 43.3 Å². The Bertz CT molecular complexity index is 315. The summed E-state index contributed by atoms with van der Waals surface area (Å²) in [7, 11) is 0. The number of aryl methyl sites for hydroxylation is 1. The van der Waals surface area contributed by atoms with Gasteiger partial charge in [-0.05, 0) is 25.3 Å². The molecule has 0 aliphatic carbocycles. The van der Waals surface area contributed by atoms with Crippen LogP contribution in [0.15, 0.2) is 36.5 Å². The summed E-state index contributed by atoms with van der Waals surface area (Å²) >= 11 is 0. The molecule has 14 heavy (non-hydrogen) atoms. The highest BCUT2D eigenvalue weighted by Gasteiger charge is 2.04. The minimum Gasteiger partial charge on any atom is -0.388 e. The minimum absolute atomic E-state index is 0.534. The highest BCUT2D eigenvalue weighted by atomic mass is 14.9. The fraction of sp³-hybridized carbons (Fsp3) is 0.385. The Morgan fingerprint density at radius 2 is 2.21 bits per heavy atom. The summed E-state index contributed by atoms with van der Waals surface area (Å²) < 4.78 is 0. The van der Waals surface area contributed by atoms with Crippen molar-refractivity contribution in [1.29, 1.82) is 0 Å². The number of nitrogens with one attached hydrogen (secondary N) is 1. The first-order chi connectivity index (χ1) is 6.59. The van der Waals surface area contributed by atoms with Crippen LogP contribution in [0.2, 0.25) is 0 Å². The van der Waals surface area contributed by atoms with Gasteiger partial charge in [-0.25, -0.2) is 0 Å². The quantitative estimate of drug-likeness (QED) is 0.766. The van der Waals surface area contributed by atoms with E-state index in [2.05, 4.69) is 50.0 Å². The molecule has 1 aromatic carbocycles. The first-order valence-corrected chi connectivity index (χ1v) is 5.05. The van der Waals surface area contributed by atoms with E-state index in [9.17, 15) is 0 Å². The lowest BCUT2D eigenvalue weighted by molar-refractivity contribution is 0.679. The van der Waals surface area contributed by atoms with Gasteiger partial charge in [0.25, 0.3) is 0 Å². The third kappa shape index (κ3) is 3.25. The molecule has 0 saturated heterocycles. The molecule has 0 amide bonds. The van der Waals surface area contributed by atoms with Crippen molar-refractivity contribution in [3.63, 3.8) is 0 Å². The van der Waals surface area contributed by atoms with Gasteiger partial charge >= 0.3 is 0 Å². The van der Waals surface area contributed by atoms with Crippen LogP contribution >= 0.6 is 0 Å². The average Bonchev–Trinajstić information content (AvgIpc) is 2.14. The standard InChI is InChI=1S/C13H19N/c1-10(2)14-9-12(4)13-7-5-6-11(3)8-13/h5-8,12,14H,1,9H2,2-4H3. The number of allylic oxidation sites excluding steroid dienone is 1. The van der Waals surface area contributed by atoms with Crippen molar-refractivity contribution in [1.82, 2.24) is 5.32 Å². The van der Waals surface area contributed by atoms with Crippen LogP contribution in [0.4, 0.5) is 0 Å². The van der Waals surface area contributed by atoms with E-state index in [4.69, 9.17) is 0 Å². The molecule has 0 bridgehead atoms. The summed E-state index contributed by atoms with van der Waals surface area (Å²) in [4.78, 5) is 0. The normalized spacial score (nSPS) is 12.2. The maximum Gasteiger partial charge on any atom is 0.0209 e. The van der Waals surface area contributed by atoms with Crippen LogP contribution in [0, 0.1) is 6.92 Å². The number of hydrogen-bond donors (Lipinski definition) is 1. The molecule has 0 aliphatic heterocycles. The predicted molar refractivity (Wildman–Crippen MR) is 62.4 cm³/mol. The van der Waals surface area contributed by atoms with Crippen molar-refractivity contribution >= 4 is 0 Å². The summed E-state index contributed by atoms with van der Waals surface area (Å²) in [6.45, 7) is 11.1. The molecule has 1 heteroatoms. The summed E-state index contributed by atoms with van der Waals surface area (Å²) in [5.41, 5.74) is 3.74. The van der Waals surface area contributed by atoms with E-state index >= 15 is 0 Å². The van der Waals surface area contributed by atoms with E-state index in [0.29, 0.717) is 5.92 Å². The summed E-state index contributed by atoms with van der Waals surface area (Å²) in [5, 5.41) is 3.27. The van der Waals surface area contributed by atoms with E-state index in [-0.39, 0.29) is 0 Å². The first-order valence-electron chi connectivity index (χ1n) is 5.05. The zero-order chi connectivity index (χ0) is 10.6. The molecule has 76 valence electrons. The molecule has 0 saturated carbocycles. The molecule has 1 N–H and O–H groups in total. The molecular weight excluding hydrogens is 170 g/mol. The van der Waals surface area contributed by atoms with E-state index in [1.54, 1.807) is 0 Å². The molecule has 1 aromatic rings. The molecule has 0 heterocycles. The van der Waals surface area contributed by atoms with Gasteiger partial charge in [0, 0.05) is 12.2 Å². The Labute approximate surface area is 86.8 Å². The van der Waals surface area contributed by atoms with Crippen LogP contribution in [-0.2, 0) is 0 Å². The highest BCUT2D eigenvalue weighted by molar-refractivity contribution is 5.25. The number of rotatable bonds is 4. The molecule has 1 atom stereocenters. The van der Waals surface area contributed by atoms with E-state index in [1.165, 1.54) is 11.1 Å². The predicted octanol–water partition coefficient (Wildman–Crippen LogP) is 3.22. The fourth-order valence-corrected chi connectivity index (χ4v) is 1.42. The lowest BCUT2D eigenvalue weighted by Gasteiger charge is -2.14. The molecule has 0 fully saturated rings. The summed E-state index contributed by atoms with van der Waals surface area (Å²) in [6.07, 6.45) is 0. The van der Waals surface area contributed by atoms with Crippen LogP contribution in [0.25, 0.3) is 0 Å². The second kappa shape index (κ2) is 4.85. The molecule has 1 rings (SSSR count). The zero-order valence-electron chi connectivity index (χ0n) is 9.30. The van der Waals surface area contributed by atoms with Crippen LogP contribution in [0.3, 0.4) is 0 Å². The SMILES string of the molecule is C=C(C)NCC(C)c1cccc(C)c1. The maximum absolute atomic E-state index is 3.83. The Hall–Kier alpha value is -1.24. The summed E-state index contributed by atoms with van der Waals surface area (Å²) in [5.74, 6) is 0.534.